The van der Waals surface area contributed by atoms with Crippen molar-refractivity contribution in [3.05, 3.63) is 43.8 Å². The molecule has 14 heavy (non-hydrogen) atoms. The maximum atomic E-state index is 4.41. The number of rotatable bonds is 1. The molecule has 0 radical (unpaired) electrons. The van der Waals surface area contributed by atoms with Gasteiger partial charge in [0.25, 0.3) is 0 Å². The van der Waals surface area contributed by atoms with Crippen LogP contribution >= 0.6 is 45.2 Å². The number of hydrogen-bond donors (Lipinski definition) is 0. The molecule has 0 aliphatic carbocycles. The van der Waals surface area contributed by atoms with E-state index in [9.17, 15) is 0 Å². The molecule has 0 bridgehead atoms. The molecular weight excluding hydrogens is 402 g/mol. The van der Waals surface area contributed by atoms with Crippen molar-refractivity contribution in [2.24, 2.45) is 0 Å². The molecular formula is C10H6I2N2. The number of halogens is 2. The lowest BCUT2D eigenvalue weighted by atomic mass is 10.2. The lowest BCUT2D eigenvalue weighted by molar-refractivity contribution is 1.20. The molecule has 0 amide bonds. The lowest BCUT2D eigenvalue weighted by Gasteiger charge is -2.00. The minimum atomic E-state index is 0.926. The molecule has 2 heterocycles. The highest BCUT2D eigenvalue weighted by molar-refractivity contribution is 14.1. The van der Waals surface area contributed by atoms with Gasteiger partial charge in [0.05, 0.1) is 11.4 Å². The molecule has 0 aromatic carbocycles. The van der Waals surface area contributed by atoms with Crippen LogP contribution < -0.4 is 0 Å². The maximum absolute atomic E-state index is 4.41. The first-order valence-corrected chi connectivity index (χ1v) is 6.17. The molecule has 0 spiro atoms. The van der Waals surface area contributed by atoms with Crippen LogP contribution in [0, 0.1) is 7.40 Å². The third-order valence-electron chi connectivity index (χ3n) is 1.69. The van der Waals surface area contributed by atoms with Gasteiger partial charge in [-0.25, -0.2) is 9.97 Å². The highest BCUT2D eigenvalue weighted by atomic mass is 127. The summed E-state index contributed by atoms with van der Waals surface area (Å²) in [5.74, 6) is 0. The second kappa shape index (κ2) is 4.52. The van der Waals surface area contributed by atoms with Crippen LogP contribution in [0.15, 0.2) is 36.4 Å². The van der Waals surface area contributed by atoms with Crippen LogP contribution in [-0.4, -0.2) is 9.97 Å². The normalized spacial score (nSPS) is 10.1. The second-order valence-electron chi connectivity index (χ2n) is 2.69. The highest BCUT2D eigenvalue weighted by Gasteiger charge is 2.00. The van der Waals surface area contributed by atoms with Gasteiger partial charge in [-0.1, -0.05) is 12.1 Å². The SMILES string of the molecule is Ic1cccc(-c2cccc(I)n2)n1. The molecule has 0 atom stereocenters. The monoisotopic (exact) mass is 408 g/mol. The summed E-state index contributed by atoms with van der Waals surface area (Å²) in [7, 11) is 0. The summed E-state index contributed by atoms with van der Waals surface area (Å²) in [4.78, 5) is 8.81. The molecule has 0 aliphatic rings. The summed E-state index contributed by atoms with van der Waals surface area (Å²) in [6.45, 7) is 0. The Balaban J connectivity index is 2.49. The molecule has 70 valence electrons. The molecule has 0 saturated heterocycles. The summed E-state index contributed by atoms with van der Waals surface area (Å²) >= 11 is 4.40. The summed E-state index contributed by atoms with van der Waals surface area (Å²) in [6.07, 6.45) is 0. The van der Waals surface area contributed by atoms with Gasteiger partial charge >= 0.3 is 0 Å². The van der Waals surface area contributed by atoms with Crippen LogP contribution in [0.2, 0.25) is 0 Å². The molecule has 0 fully saturated rings. The number of nitrogens with zero attached hydrogens (tertiary/aromatic N) is 2. The second-order valence-corrected chi connectivity index (χ2v) is 4.90. The van der Waals surface area contributed by atoms with Gasteiger partial charge in [0.2, 0.25) is 0 Å². The molecule has 0 unspecified atom stereocenters. The Morgan fingerprint density at radius 1 is 0.714 bits per heavy atom. The Bertz CT molecular complexity index is 414. The molecule has 0 saturated carbocycles. The fourth-order valence-corrected chi connectivity index (χ4v) is 2.04. The standard InChI is InChI=1S/C10H6I2N2/c11-9-5-1-3-7(13-9)8-4-2-6-10(12)14-8/h1-6H. The Hall–Kier alpha value is -0.240. The summed E-state index contributed by atoms with van der Waals surface area (Å²) < 4.78 is 1.97. The zero-order valence-electron chi connectivity index (χ0n) is 7.11. The fourth-order valence-electron chi connectivity index (χ4n) is 1.10. The van der Waals surface area contributed by atoms with Crippen LogP contribution in [0.25, 0.3) is 11.4 Å². The van der Waals surface area contributed by atoms with E-state index < -0.39 is 0 Å². The zero-order valence-corrected chi connectivity index (χ0v) is 11.4. The Kier molecular flexibility index (Phi) is 3.32. The van der Waals surface area contributed by atoms with E-state index in [1.165, 1.54) is 0 Å². The third kappa shape index (κ3) is 2.41. The molecule has 2 nitrogen and oxygen atoms in total. The largest absolute Gasteiger partial charge is 0.240 e. The van der Waals surface area contributed by atoms with E-state index in [1.54, 1.807) is 0 Å². The van der Waals surface area contributed by atoms with Crippen LogP contribution in [0.5, 0.6) is 0 Å². The van der Waals surface area contributed by atoms with Gasteiger partial charge in [0, 0.05) is 0 Å². The average Bonchev–Trinajstić information content (AvgIpc) is 2.18. The van der Waals surface area contributed by atoms with E-state index in [2.05, 4.69) is 55.1 Å². The Labute approximate surface area is 109 Å². The van der Waals surface area contributed by atoms with Crippen molar-refractivity contribution in [3.63, 3.8) is 0 Å². The van der Waals surface area contributed by atoms with Gasteiger partial charge in [0.15, 0.2) is 0 Å². The van der Waals surface area contributed by atoms with Crippen molar-refractivity contribution in [2.75, 3.05) is 0 Å². The van der Waals surface area contributed by atoms with Crippen molar-refractivity contribution in [3.8, 4) is 11.4 Å². The lowest BCUT2D eigenvalue weighted by Crippen LogP contribution is -1.90. The molecule has 2 aromatic rings. The van der Waals surface area contributed by atoms with E-state index in [4.69, 9.17) is 0 Å². The smallest absolute Gasteiger partial charge is 0.102 e. The van der Waals surface area contributed by atoms with E-state index in [0.717, 1.165) is 18.8 Å². The van der Waals surface area contributed by atoms with Crippen molar-refractivity contribution >= 4 is 45.2 Å². The van der Waals surface area contributed by atoms with Crippen molar-refractivity contribution in [1.29, 1.82) is 0 Å². The first-order valence-electron chi connectivity index (χ1n) is 4.01. The van der Waals surface area contributed by atoms with Gasteiger partial charge < -0.3 is 0 Å². The quantitative estimate of drug-likeness (QED) is 0.535. The van der Waals surface area contributed by atoms with Crippen LogP contribution in [0.4, 0.5) is 0 Å². The van der Waals surface area contributed by atoms with E-state index in [-0.39, 0.29) is 0 Å². The summed E-state index contributed by atoms with van der Waals surface area (Å²) in [6, 6.07) is 11.9. The fraction of sp³-hybridized carbons (Fsp3) is 0. The Morgan fingerprint density at radius 2 is 1.14 bits per heavy atom. The molecule has 0 N–H and O–H groups in total. The van der Waals surface area contributed by atoms with E-state index in [0.29, 0.717) is 0 Å². The van der Waals surface area contributed by atoms with Crippen LogP contribution in [0.3, 0.4) is 0 Å². The number of pyridine rings is 2. The van der Waals surface area contributed by atoms with Gasteiger partial charge in [-0.05, 0) is 69.4 Å². The minimum Gasteiger partial charge on any atom is -0.240 e. The Morgan fingerprint density at radius 3 is 1.50 bits per heavy atom. The van der Waals surface area contributed by atoms with Crippen LogP contribution in [-0.2, 0) is 0 Å². The van der Waals surface area contributed by atoms with Crippen LogP contribution in [0.1, 0.15) is 0 Å². The molecule has 2 rings (SSSR count). The molecule has 2 aromatic heterocycles. The minimum absolute atomic E-state index is 0.926. The third-order valence-corrected chi connectivity index (χ3v) is 2.89. The maximum Gasteiger partial charge on any atom is 0.102 e. The molecule has 0 aliphatic heterocycles. The molecule has 4 heteroatoms. The van der Waals surface area contributed by atoms with Gasteiger partial charge in [0.1, 0.15) is 7.40 Å². The first-order chi connectivity index (χ1) is 6.75. The first kappa shape index (κ1) is 10.3. The summed E-state index contributed by atoms with van der Waals surface area (Å²) in [5, 5.41) is 0. The highest BCUT2D eigenvalue weighted by Crippen LogP contribution is 2.16. The number of hydrogen-bond acceptors (Lipinski definition) is 2. The zero-order chi connectivity index (χ0) is 9.97. The van der Waals surface area contributed by atoms with Gasteiger partial charge in [-0.15, -0.1) is 0 Å². The topological polar surface area (TPSA) is 25.8 Å². The van der Waals surface area contributed by atoms with Crippen molar-refractivity contribution in [1.82, 2.24) is 9.97 Å². The number of aromatic nitrogens is 2. The van der Waals surface area contributed by atoms with Gasteiger partial charge in [-0.2, -0.15) is 0 Å². The van der Waals surface area contributed by atoms with E-state index >= 15 is 0 Å². The van der Waals surface area contributed by atoms with Gasteiger partial charge in [-0.3, -0.25) is 0 Å². The van der Waals surface area contributed by atoms with E-state index in [1.807, 2.05) is 36.4 Å². The van der Waals surface area contributed by atoms with Crippen molar-refractivity contribution in [2.45, 2.75) is 0 Å². The predicted molar refractivity (Wildman–Crippen MR) is 72.9 cm³/mol. The predicted octanol–water partition coefficient (Wildman–Crippen LogP) is 3.35. The van der Waals surface area contributed by atoms with Crippen molar-refractivity contribution < 1.29 is 0 Å². The summed E-state index contributed by atoms with van der Waals surface area (Å²) in [5.41, 5.74) is 1.85. The average molecular weight is 408 g/mol.